The van der Waals surface area contributed by atoms with Gasteiger partial charge in [-0.05, 0) is 43.9 Å². The number of rotatable bonds is 2. The zero-order valence-corrected chi connectivity index (χ0v) is 13.3. The van der Waals surface area contributed by atoms with Crippen molar-refractivity contribution in [3.63, 3.8) is 0 Å². The number of halogens is 4. The Morgan fingerprint density at radius 2 is 1.75 bits per heavy atom. The fourth-order valence-electron chi connectivity index (χ4n) is 2.26. The largest absolute Gasteiger partial charge is 0.417 e. The van der Waals surface area contributed by atoms with Gasteiger partial charge >= 0.3 is 18.0 Å². The highest BCUT2D eigenvalue weighted by molar-refractivity contribution is 6.39. The number of amides is 2. The summed E-state index contributed by atoms with van der Waals surface area (Å²) in [4.78, 5) is 23.4. The molecule has 9 heteroatoms. The summed E-state index contributed by atoms with van der Waals surface area (Å²) in [5.41, 5.74) is 1.64. The van der Waals surface area contributed by atoms with E-state index in [9.17, 15) is 22.8 Å². The third kappa shape index (κ3) is 4.95. The van der Waals surface area contributed by atoms with Gasteiger partial charge < -0.3 is 5.32 Å². The lowest BCUT2D eigenvalue weighted by Crippen LogP contribution is -2.33. The molecule has 1 aromatic rings. The molecule has 130 valence electrons. The van der Waals surface area contributed by atoms with Crippen molar-refractivity contribution in [1.29, 1.82) is 0 Å². The number of benzene rings is 1. The maximum absolute atomic E-state index is 12.8. The van der Waals surface area contributed by atoms with Gasteiger partial charge in [-0.3, -0.25) is 9.59 Å². The fourth-order valence-corrected chi connectivity index (χ4v) is 2.49. The molecule has 2 rings (SSSR count). The minimum Gasteiger partial charge on any atom is -0.318 e. The molecule has 24 heavy (non-hydrogen) atoms. The molecule has 0 saturated heterocycles. The molecule has 1 aliphatic rings. The molecule has 0 radical (unpaired) electrons. The Kier molecular flexibility index (Phi) is 5.82. The number of carbonyl (C=O) groups excluding carboxylic acids is 2. The predicted molar refractivity (Wildman–Crippen MR) is 83.7 cm³/mol. The zero-order valence-electron chi connectivity index (χ0n) is 12.5. The summed E-state index contributed by atoms with van der Waals surface area (Å²) in [6.07, 6.45) is -0.0849. The lowest BCUT2D eigenvalue weighted by Gasteiger charge is -2.12. The van der Waals surface area contributed by atoms with E-state index in [2.05, 4.69) is 15.8 Å². The van der Waals surface area contributed by atoms with E-state index < -0.39 is 28.6 Å². The standard InChI is InChI=1S/C15H15ClF3N3O2/c16-12-7-6-10(8-11(12)15(17,18)19)20-13(23)14(24)22-21-9-4-2-1-3-5-9/h6-8H,1-5H2,(H,20,23)(H,22,24). The van der Waals surface area contributed by atoms with Gasteiger partial charge in [0.25, 0.3) is 0 Å². The summed E-state index contributed by atoms with van der Waals surface area (Å²) in [6, 6.07) is 2.84. The summed E-state index contributed by atoms with van der Waals surface area (Å²) in [7, 11) is 0. The quantitative estimate of drug-likeness (QED) is 0.622. The second kappa shape index (κ2) is 7.65. The van der Waals surface area contributed by atoms with Crippen molar-refractivity contribution in [3.8, 4) is 0 Å². The van der Waals surface area contributed by atoms with Crippen molar-refractivity contribution in [1.82, 2.24) is 5.43 Å². The average Bonchev–Trinajstić information content (AvgIpc) is 2.54. The average molecular weight is 362 g/mol. The normalized spacial score (nSPS) is 14.9. The van der Waals surface area contributed by atoms with Gasteiger partial charge in [-0.1, -0.05) is 18.0 Å². The van der Waals surface area contributed by atoms with Crippen LogP contribution < -0.4 is 10.7 Å². The van der Waals surface area contributed by atoms with Crippen LogP contribution in [0.4, 0.5) is 18.9 Å². The zero-order chi connectivity index (χ0) is 17.7. The van der Waals surface area contributed by atoms with Gasteiger partial charge in [-0.15, -0.1) is 0 Å². The van der Waals surface area contributed by atoms with Gasteiger partial charge in [-0.2, -0.15) is 18.3 Å². The number of hydrazone groups is 1. The predicted octanol–water partition coefficient (Wildman–Crippen LogP) is 3.73. The van der Waals surface area contributed by atoms with E-state index >= 15 is 0 Å². The molecule has 2 N–H and O–H groups in total. The van der Waals surface area contributed by atoms with Crippen LogP contribution in [0.5, 0.6) is 0 Å². The van der Waals surface area contributed by atoms with E-state index in [-0.39, 0.29) is 5.69 Å². The first-order chi connectivity index (χ1) is 11.3. The highest BCUT2D eigenvalue weighted by Crippen LogP contribution is 2.36. The summed E-state index contributed by atoms with van der Waals surface area (Å²) in [5, 5.41) is 5.47. The SMILES string of the molecule is O=C(NN=C1CCCCC1)C(=O)Nc1ccc(Cl)c(C(F)(F)F)c1. The van der Waals surface area contributed by atoms with E-state index in [0.717, 1.165) is 43.9 Å². The van der Waals surface area contributed by atoms with Crippen LogP contribution in [0.15, 0.2) is 23.3 Å². The molecule has 5 nitrogen and oxygen atoms in total. The van der Waals surface area contributed by atoms with E-state index in [0.29, 0.717) is 6.07 Å². The Balaban J connectivity index is 2.00. The van der Waals surface area contributed by atoms with Crippen molar-refractivity contribution in [2.24, 2.45) is 5.10 Å². The molecule has 0 heterocycles. The number of hydrogen-bond acceptors (Lipinski definition) is 3. The molecule has 1 saturated carbocycles. The number of anilines is 1. The molecule has 1 aromatic carbocycles. The van der Waals surface area contributed by atoms with Crippen LogP contribution in [0.25, 0.3) is 0 Å². The summed E-state index contributed by atoms with van der Waals surface area (Å²) in [6.45, 7) is 0. The van der Waals surface area contributed by atoms with Crippen LogP contribution in [0.1, 0.15) is 37.7 Å². The molecule has 0 bridgehead atoms. The monoisotopic (exact) mass is 361 g/mol. The van der Waals surface area contributed by atoms with Gasteiger partial charge in [0.15, 0.2) is 0 Å². The van der Waals surface area contributed by atoms with Crippen molar-refractivity contribution in [3.05, 3.63) is 28.8 Å². The Bertz CT molecular complexity index is 666. The van der Waals surface area contributed by atoms with Gasteiger partial charge in [0, 0.05) is 11.4 Å². The van der Waals surface area contributed by atoms with Crippen LogP contribution in [0.2, 0.25) is 5.02 Å². The molecule has 0 atom stereocenters. The highest BCUT2D eigenvalue weighted by atomic mass is 35.5. The number of nitrogens with zero attached hydrogens (tertiary/aromatic N) is 1. The van der Waals surface area contributed by atoms with Crippen LogP contribution in [0.3, 0.4) is 0 Å². The third-order valence-corrected chi connectivity index (χ3v) is 3.81. The first-order valence-corrected chi connectivity index (χ1v) is 7.68. The molecule has 2 amide bonds. The van der Waals surface area contributed by atoms with E-state index in [4.69, 9.17) is 11.6 Å². The first kappa shape index (κ1) is 18.3. The molecule has 0 unspecified atom stereocenters. The van der Waals surface area contributed by atoms with E-state index in [1.165, 1.54) is 6.07 Å². The van der Waals surface area contributed by atoms with Crippen molar-refractivity contribution in [2.75, 3.05) is 5.32 Å². The van der Waals surface area contributed by atoms with Crippen molar-refractivity contribution >= 4 is 34.8 Å². The van der Waals surface area contributed by atoms with E-state index in [1.807, 2.05) is 0 Å². The number of hydrogen-bond donors (Lipinski definition) is 2. The van der Waals surface area contributed by atoms with E-state index in [1.54, 1.807) is 0 Å². The Hall–Kier alpha value is -2.09. The van der Waals surface area contributed by atoms with Gasteiger partial charge in [0.05, 0.1) is 10.6 Å². The lowest BCUT2D eigenvalue weighted by atomic mass is 9.99. The molecule has 0 aliphatic heterocycles. The minimum absolute atomic E-state index is 0.183. The van der Waals surface area contributed by atoms with Crippen LogP contribution in [0, 0.1) is 0 Å². The van der Waals surface area contributed by atoms with Crippen molar-refractivity contribution in [2.45, 2.75) is 38.3 Å². The van der Waals surface area contributed by atoms with Crippen LogP contribution in [-0.4, -0.2) is 17.5 Å². The second-order valence-electron chi connectivity index (χ2n) is 5.33. The van der Waals surface area contributed by atoms with Crippen molar-refractivity contribution < 1.29 is 22.8 Å². The van der Waals surface area contributed by atoms with Gasteiger partial charge in [0.2, 0.25) is 0 Å². The molecule has 0 spiro atoms. The third-order valence-electron chi connectivity index (χ3n) is 3.48. The summed E-state index contributed by atoms with van der Waals surface area (Å²) < 4.78 is 38.3. The lowest BCUT2D eigenvalue weighted by molar-refractivity contribution is -0.137. The number of carbonyl (C=O) groups is 2. The Morgan fingerprint density at radius 1 is 1.08 bits per heavy atom. The topological polar surface area (TPSA) is 70.6 Å². The molecule has 1 aliphatic carbocycles. The Morgan fingerprint density at radius 3 is 2.38 bits per heavy atom. The fraction of sp³-hybridized carbons (Fsp3) is 0.400. The minimum atomic E-state index is -4.66. The first-order valence-electron chi connectivity index (χ1n) is 7.31. The maximum Gasteiger partial charge on any atom is 0.417 e. The van der Waals surface area contributed by atoms with Gasteiger partial charge in [0.1, 0.15) is 0 Å². The summed E-state index contributed by atoms with van der Waals surface area (Å²) in [5.74, 6) is -2.15. The van der Waals surface area contributed by atoms with Crippen LogP contribution >= 0.6 is 11.6 Å². The Labute approximate surface area is 141 Å². The number of nitrogens with one attached hydrogen (secondary N) is 2. The maximum atomic E-state index is 12.8. The summed E-state index contributed by atoms with van der Waals surface area (Å²) >= 11 is 5.49. The molecular formula is C15H15ClF3N3O2. The molecule has 0 aromatic heterocycles. The molecular weight excluding hydrogens is 347 g/mol. The second-order valence-corrected chi connectivity index (χ2v) is 5.73. The molecule has 1 fully saturated rings. The highest BCUT2D eigenvalue weighted by Gasteiger charge is 2.33. The smallest absolute Gasteiger partial charge is 0.318 e. The van der Waals surface area contributed by atoms with Crippen LogP contribution in [-0.2, 0) is 15.8 Å². The van der Waals surface area contributed by atoms with Gasteiger partial charge in [-0.25, -0.2) is 5.43 Å². The number of alkyl halides is 3.